The van der Waals surface area contributed by atoms with Gasteiger partial charge in [-0.2, -0.15) is 0 Å². The molecule has 0 saturated carbocycles. The first-order valence-electron chi connectivity index (χ1n) is 11.9. The Morgan fingerprint density at radius 1 is 0.833 bits per heavy atom. The van der Waals surface area contributed by atoms with Crippen LogP contribution in [0.15, 0.2) is 66.7 Å². The molecule has 0 atom stereocenters. The molecular weight excluding hydrogens is 456 g/mol. The Kier molecular flexibility index (Phi) is 7.65. The van der Waals surface area contributed by atoms with Crippen LogP contribution in [-0.4, -0.2) is 59.0 Å². The van der Waals surface area contributed by atoms with Gasteiger partial charge in [0.05, 0.1) is 0 Å². The maximum absolute atomic E-state index is 12.8. The van der Waals surface area contributed by atoms with Gasteiger partial charge in [0.25, 0.3) is 5.91 Å². The van der Waals surface area contributed by atoms with E-state index in [0.29, 0.717) is 11.3 Å². The molecule has 0 unspecified atom stereocenters. The molecule has 1 fully saturated rings. The molecule has 36 heavy (non-hydrogen) atoms. The van der Waals surface area contributed by atoms with E-state index in [2.05, 4.69) is 15.5 Å². The van der Waals surface area contributed by atoms with Crippen molar-refractivity contribution >= 4 is 29.3 Å². The van der Waals surface area contributed by atoms with E-state index >= 15 is 0 Å². The second-order valence-corrected chi connectivity index (χ2v) is 8.97. The van der Waals surface area contributed by atoms with E-state index < -0.39 is 6.09 Å². The average Bonchev–Trinajstić information content (AvgIpc) is 2.86. The fraction of sp³-hybridized carbons (Fsp3) is 0.250. The summed E-state index contributed by atoms with van der Waals surface area (Å²) in [6.45, 7) is 7.60. The van der Waals surface area contributed by atoms with Crippen molar-refractivity contribution in [2.75, 3.05) is 36.8 Å². The van der Waals surface area contributed by atoms with Gasteiger partial charge in [0, 0.05) is 56.6 Å². The van der Waals surface area contributed by atoms with Crippen molar-refractivity contribution in [1.29, 1.82) is 0 Å². The van der Waals surface area contributed by atoms with Crippen LogP contribution >= 0.6 is 0 Å². The highest BCUT2D eigenvalue weighted by Gasteiger charge is 2.18. The van der Waals surface area contributed by atoms with Crippen molar-refractivity contribution in [1.82, 2.24) is 9.80 Å². The number of rotatable bonds is 6. The van der Waals surface area contributed by atoms with Crippen LogP contribution in [0.25, 0.3) is 11.1 Å². The number of benzene rings is 3. The molecule has 3 aromatic rings. The highest BCUT2D eigenvalue weighted by molar-refractivity contribution is 6.04. The van der Waals surface area contributed by atoms with Crippen LogP contribution in [0.4, 0.5) is 16.2 Å². The molecule has 3 aromatic carbocycles. The van der Waals surface area contributed by atoms with Crippen LogP contribution in [0.3, 0.4) is 0 Å². The van der Waals surface area contributed by atoms with Crippen molar-refractivity contribution < 1.29 is 19.5 Å². The monoisotopic (exact) mass is 486 g/mol. The van der Waals surface area contributed by atoms with Crippen LogP contribution in [0.5, 0.6) is 0 Å². The van der Waals surface area contributed by atoms with Gasteiger partial charge >= 0.3 is 6.09 Å². The second kappa shape index (κ2) is 11.0. The molecule has 3 N–H and O–H groups in total. The maximum Gasteiger partial charge on any atom is 0.409 e. The van der Waals surface area contributed by atoms with Gasteiger partial charge in [-0.3, -0.25) is 19.8 Å². The first-order valence-corrected chi connectivity index (χ1v) is 11.9. The lowest BCUT2D eigenvalue weighted by Gasteiger charge is -2.34. The largest absolute Gasteiger partial charge is 0.465 e. The molecule has 0 bridgehead atoms. The fourth-order valence-electron chi connectivity index (χ4n) is 4.31. The first-order chi connectivity index (χ1) is 17.3. The topological polar surface area (TPSA) is 102 Å². The van der Waals surface area contributed by atoms with Crippen LogP contribution in [0.1, 0.15) is 28.4 Å². The molecule has 1 saturated heterocycles. The smallest absolute Gasteiger partial charge is 0.409 e. The number of aryl methyl sites for hydroxylation is 1. The average molecular weight is 487 g/mol. The van der Waals surface area contributed by atoms with Gasteiger partial charge in [-0.15, -0.1) is 0 Å². The van der Waals surface area contributed by atoms with E-state index in [1.807, 2.05) is 54.3 Å². The molecule has 8 heteroatoms. The number of hydrogen-bond acceptors (Lipinski definition) is 4. The Hall–Kier alpha value is -4.17. The predicted octanol–water partition coefficient (Wildman–Crippen LogP) is 4.67. The van der Waals surface area contributed by atoms with Gasteiger partial charge in [-0.05, 0) is 65.6 Å². The molecule has 0 spiro atoms. The van der Waals surface area contributed by atoms with Crippen molar-refractivity contribution in [2.24, 2.45) is 0 Å². The summed E-state index contributed by atoms with van der Waals surface area (Å²) >= 11 is 0. The minimum absolute atomic E-state index is 0.127. The third-order valence-electron chi connectivity index (χ3n) is 6.38. The molecule has 1 aliphatic rings. The van der Waals surface area contributed by atoms with Crippen LogP contribution in [0.2, 0.25) is 0 Å². The number of carbonyl (C=O) groups is 3. The van der Waals surface area contributed by atoms with Gasteiger partial charge in [-0.1, -0.05) is 30.3 Å². The molecule has 0 radical (unpaired) electrons. The Morgan fingerprint density at radius 3 is 2.08 bits per heavy atom. The molecule has 1 heterocycles. The normalized spacial score (nSPS) is 13.8. The number of nitrogens with zero attached hydrogens (tertiary/aromatic N) is 2. The molecule has 0 aliphatic carbocycles. The minimum atomic E-state index is -1.11. The lowest BCUT2D eigenvalue weighted by molar-refractivity contribution is -0.130. The number of anilines is 2. The zero-order chi connectivity index (χ0) is 25.7. The van der Waals surface area contributed by atoms with E-state index in [4.69, 9.17) is 5.11 Å². The molecule has 1 aliphatic heterocycles. The number of piperazine rings is 1. The quantitative estimate of drug-likeness (QED) is 0.470. The van der Waals surface area contributed by atoms with Crippen LogP contribution in [0, 0.1) is 6.92 Å². The summed E-state index contributed by atoms with van der Waals surface area (Å²) in [5.74, 6) is -0.0746. The number of nitrogens with one attached hydrogen (secondary N) is 2. The summed E-state index contributed by atoms with van der Waals surface area (Å²) in [6, 6.07) is 20.4. The Balaban J connectivity index is 1.35. The number of hydrogen-bond donors (Lipinski definition) is 3. The molecule has 8 nitrogen and oxygen atoms in total. The Morgan fingerprint density at radius 2 is 1.47 bits per heavy atom. The zero-order valence-corrected chi connectivity index (χ0v) is 20.5. The van der Waals surface area contributed by atoms with Crippen molar-refractivity contribution in [3.63, 3.8) is 0 Å². The maximum atomic E-state index is 12.8. The summed E-state index contributed by atoms with van der Waals surface area (Å²) in [5.41, 5.74) is 5.69. The van der Waals surface area contributed by atoms with Crippen molar-refractivity contribution in [2.45, 2.75) is 20.4 Å². The molecule has 186 valence electrons. The summed E-state index contributed by atoms with van der Waals surface area (Å²) in [7, 11) is 0. The SMILES string of the molecule is CC(=O)N1CCN(Cc2ccc(NC(=O)c3ccc(-c4cc(NC(=O)O)ccc4C)cc3)cc2)CC1. The fourth-order valence-corrected chi connectivity index (χ4v) is 4.31. The van der Waals surface area contributed by atoms with Crippen molar-refractivity contribution in [3.05, 3.63) is 83.4 Å². The van der Waals surface area contributed by atoms with Gasteiger partial charge in [0.2, 0.25) is 5.91 Å². The summed E-state index contributed by atoms with van der Waals surface area (Å²) in [4.78, 5) is 39.4. The molecule has 0 aromatic heterocycles. The van der Waals surface area contributed by atoms with E-state index in [1.165, 1.54) is 0 Å². The highest BCUT2D eigenvalue weighted by atomic mass is 16.4. The zero-order valence-electron chi connectivity index (χ0n) is 20.5. The molecule has 3 amide bonds. The van der Waals surface area contributed by atoms with E-state index in [9.17, 15) is 14.4 Å². The Bertz CT molecular complexity index is 1250. The lowest BCUT2D eigenvalue weighted by Crippen LogP contribution is -2.47. The van der Waals surface area contributed by atoms with Gasteiger partial charge in [0.1, 0.15) is 0 Å². The molecular formula is C28H30N4O4. The number of amides is 3. The second-order valence-electron chi connectivity index (χ2n) is 8.97. The van der Waals surface area contributed by atoms with Crippen LogP contribution in [-0.2, 0) is 11.3 Å². The van der Waals surface area contributed by atoms with E-state index in [-0.39, 0.29) is 11.8 Å². The van der Waals surface area contributed by atoms with Crippen LogP contribution < -0.4 is 10.6 Å². The number of carbonyl (C=O) groups excluding carboxylic acids is 2. The number of carboxylic acid groups (broad SMARTS) is 1. The standard InChI is InChI=1S/C28H30N4O4/c1-19-3-10-25(30-28(35)36)17-26(19)22-6-8-23(9-7-22)27(34)29-24-11-4-21(5-12-24)18-31-13-15-32(16-14-31)20(2)33/h3-12,17,30H,13-16,18H2,1-2H3,(H,29,34)(H,35,36). The summed E-state index contributed by atoms with van der Waals surface area (Å²) in [5, 5.41) is 14.3. The minimum Gasteiger partial charge on any atom is -0.465 e. The predicted molar refractivity (Wildman–Crippen MR) is 140 cm³/mol. The van der Waals surface area contributed by atoms with Crippen molar-refractivity contribution in [3.8, 4) is 11.1 Å². The third-order valence-corrected chi connectivity index (χ3v) is 6.38. The summed E-state index contributed by atoms with van der Waals surface area (Å²) in [6.07, 6.45) is -1.11. The van der Waals surface area contributed by atoms with Gasteiger partial charge in [-0.25, -0.2) is 4.79 Å². The Labute approximate surface area is 210 Å². The first kappa shape index (κ1) is 24.9. The molecule has 4 rings (SSSR count). The third kappa shape index (κ3) is 6.28. The van der Waals surface area contributed by atoms with Gasteiger partial charge in [0.15, 0.2) is 0 Å². The lowest BCUT2D eigenvalue weighted by atomic mass is 9.98. The summed E-state index contributed by atoms with van der Waals surface area (Å²) < 4.78 is 0. The van der Waals surface area contributed by atoms with Gasteiger partial charge < -0.3 is 15.3 Å². The van der Waals surface area contributed by atoms with E-state index in [1.54, 1.807) is 31.2 Å². The highest BCUT2D eigenvalue weighted by Crippen LogP contribution is 2.27. The van der Waals surface area contributed by atoms with E-state index in [0.717, 1.165) is 60.7 Å².